The smallest absolute Gasteiger partial charge is 0.317 e. The second-order valence-electron chi connectivity index (χ2n) is 5.33. The van der Waals surface area contributed by atoms with Gasteiger partial charge in [0.2, 0.25) is 0 Å². The topological polar surface area (TPSA) is 113 Å². The van der Waals surface area contributed by atoms with Gasteiger partial charge in [-0.1, -0.05) is 17.7 Å². The van der Waals surface area contributed by atoms with Gasteiger partial charge in [0.25, 0.3) is 5.91 Å². The molecule has 134 valence electrons. The van der Waals surface area contributed by atoms with Crippen LogP contribution in [-0.4, -0.2) is 24.5 Å². The number of rotatable bonds is 4. The molecule has 0 spiro atoms. The molecule has 7 nitrogen and oxygen atoms in total. The van der Waals surface area contributed by atoms with Crippen molar-refractivity contribution in [3.05, 3.63) is 65.2 Å². The van der Waals surface area contributed by atoms with Gasteiger partial charge >= 0.3 is 10.1 Å². The molecule has 0 aromatic heterocycles. The molecule has 0 unspecified atom stereocenters. The van der Waals surface area contributed by atoms with Crippen LogP contribution in [0, 0.1) is 0 Å². The Bertz CT molecular complexity index is 1100. The van der Waals surface area contributed by atoms with Gasteiger partial charge < -0.3 is 10.2 Å². The van der Waals surface area contributed by atoms with Crippen molar-refractivity contribution in [2.75, 3.05) is 0 Å². The highest BCUT2D eigenvalue weighted by Crippen LogP contribution is 2.31. The molecule has 3 rings (SSSR count). The third kappa shape index (κ3) is 3.72. The summed E-state index contributed by atoms with van der Waals surface area (Å²) in [6, 6.07) is 12.2. The van der Waals surface area contributed by atoms with Gasteiger partial charge in [-0.15, -0.1) is 4.28 Å². The molecule has 0 radical (unpaired) electrons. The number of phenolic OH excluding ortho intramolecular Hbond substituents is 2. The highest BCUT2D eigenvalue weighted by Gasteiger charge is 2.19. The zero-order valence-corrected chi connectivity index (χ0v) is 14.6. The van der Waals surface area contributed by atoms with Crippen molar-refractivity contribution in [2.45, 2.75) is 4.90 Å². The number of phenols is 2. The standard InChI is InChI=1S/C17H12ClNO6S/c18-13-4-1-10(2-5-13)17(22)19-25-26(23,24)14-6-3-11-8-15(20)16(21)9-12(11)7-14/h1-9,20-21H,(H,19,22). The Labute approximate surface area is 153 Å². The van der Waals surface area contributed by atoms with Crippen LogP contribution in [0.15, 0.2) is 59.5 Å². The normalized spacial score (nSPS) is 11.4. The van der Waals surface area contributed by atoms with Crippen LogP contribution < -0.4 is 5.48 Å². The quantitative estimate of drug-likeness (QED) is 0.464. The number of carbonyl (C=O) groups excluding carboxylic acids is 1. The average Bonchev–Trinajstić information content (AvgIpc) is 2.61. The van der Waals surface area contributed by atoms with E-state index in [1.165, 1.54) is 54.6 Å². The molecule has 9 heteroatoms. The number of hydrogen-bond acceptors (Lipinski definition) is 6. The van der Waals surface area contributed by atoms with Crippen LogP contribution in [0.25, 0.3) is 10.8 Å². The fourth-order valence-electron chi connectivity index (χ4n) is 2.21. The summed E-state index contributed by atoms with van der Waals surface area (Å²) in [5, 5.41) is 20.3. The van der Waals surface area contributed by atoms with Crippen LogP contribution in [0.3, 0.4) is 0 Å². The summed E-state index contributed by atoms with van der Waals surface area (Å²) in [6.07, 6.45) is 0. The van der Waals surface area contributed by atoms with Crippen LogP contribution in [0.2, 0.25) is 5.02 Å². The van der Waals surface area contributed by atoms with Gasteiger partial charge in [-0.3, -0.25) is 4.79 Å². The van der Waals surface area contributed by atoms with Crippen molar-refractivity contribution >= 4 is 38.4 Å². The van der Waals surface area contributed by atoms with Gasteiger partial charge in [0.1, 0.15) is 0 Å². The number of carbonyl (C=O) groups is 1. The van der Waals surface area contributed by atoms with E-state index in [4.69, 9.17) is 11.6 Å². The number of nitrogens with one attached hydrogen (secondary N) is 1. The molecule has 0 atom stereocenters. The van der Waals surface area contributed by atoms with E-state index >= 15 is 0 Å². The maximum Gasteiger partial charge on any atom is 0.317 e. The molecule has 0 fully saturated rings. The van der Waals surface area contributed by atoms with Gasteiger partial charge in [0.05, 0.1) is 4.90 Å². The molecule has 1 amide bonds. The van der Waals surface area contributed by atoms with Crippen LogP contribution in [0.1, 0.15) is 10.4 Å². The van der Waals surface area contributed by atoms with Crippen LogP contribution >= 0.6 is 11.6 Å². The molecule has 0 aliphatic heterocycles. The van der Waals surface area contributed by atoms with E-state index in [0.29, 0.717) is 15.8 Å². The number of aromatic hydroxyl groups is 2. The molecular weight excluding hydrogens is 382 g/mol. The van der Waals surface area contributed by atoms with E-state index in [1.807, 2.05) is 5.48 Å². The lowest BCUT2D eigenvalue weighted by Crippen LogP contribution is -2.27. The van der Waals surface area contributed by atoms with E-state index in [0.717, 1.165) is 0 Å². The molecular formula is C17H12ClNO6S. The summed E-state index contributed by atoms with van der Waals surface area (Å²) < 4.78 is 29.1. The monoisotopic (exact) mass is 393 g/mol. The molecule has 3 aromatic rings. The Balaban J connectivity index is 1.81. The largest absolute Gasteiger partial charge is 0.504 e. The minimum atomic E-state index is -4.29. The van der Waals surface area contributed by atoms with E-state index in [1.54, 1.807) is 0 Å². The van der Waals surface area contributed by atoms with E-state index in [2.05, 4.69) is 4.28 Å². The molecule has 3 aromatic carbocycles. The summed E-state index contributed by atoms with van der Waals surface area (Å²) in [5.74, 6) is -1.46. The van der Waals surface area contributed by atoms with E-state index in [-0.39, 0.29) is 22.0 Å². The molecule has 0 aliphatic carbocycles. The van der Waals surface area contributed by atoms with Crippen molar-refractivity contribution in [3.63, 3.8) is 0 Å². The summed E-state index contributed by atoms with van der Waals surface area (Å²) in [6.45, 7) is 0. The lowest BCUT2D eigenvalue weighted by molar-refractivity contribution is 0.0770. The SMILES string of the molecule is O=C(NOS(=O)(=O)c1ccc2cc(O)c(O)cc2c1)c1ccc(Cl)cc1. The Morgan fingerprint density at radius 2 is 1.54 bits per heavy atom. The van der Waals surface area contributed by atoms with Gasteiger partial charge in [0, 0.05) is 10.6 Å². The Kier molecular flexibility index (Phi) is 4.73. The molecule has 3 N–H and O–H groups in total. The van der Waals surface area contributed by atoms with Crippen molar-refractivity contribution in [3.8, 4) is 11.5 Å². The molecule has 0 saturated carbocycles. The second kappa shape index (κ2) is 6.83. The van der Waals surface area contributed by atoms with Gasteiger partial charge in [-0.05, 0) is 59.3 Å². The number of hydrogen-bond donors (Lipinski definition) is 3. The molecule has 0 saturated heterocycles. The first-order chi connectivity index (χ1) is 12.3. The first kappa shape index (κ1) is 18.0. The minimum Gasteiger partial charge on any atom is -0.504 e. The average molecular weight is 394 g/mol. The third-order valence-electron chi connectivity index (χ3n) is 3.54. The number of fused-ring (bicyclic) bond motifs is 1. The maximum atomic E-state index is 12.2. The number of amides is 1. The highest BCUT2D eigenvalue weighted by atomic mass is 35.5. The Morgan fingerprint density at radius 3 is 2.19 bits per heavy atom. The second-order valence-corrected chi connectivity index (χ2v) is 7.31. The first-order valence-corrected chi connectivity index (χ1v) is 9.00. The first-order valence-electron chi connectivity index (χ1n) is 7.21. The van der Waals surface area contributed by atoms with Crippen molar-refractivity contribution in [1.82, 2.24) is 5.48 Å². The lowest BCUT2D eigenvalue weighted by Gasteiger charge is -2.08. The zero-order valence-electron chi connectivity index (χ0n) is 13.0. The predicted molar refractivity (Wildman–Crippen MR) is 94.5 cm³/mol. The van der Waals surface area contributed by atoms with E-state index < -0.39 is 16.0 Å². The summed E-state index contributed by atoms with van der Waals surface area (Å²) in [5.41, 5.74) is 2.04. The molecule has 26 heavy (non-hydrogen) atoms. The number of halogens is 1. The van der Waals surface area contributed by atoms with Crippen molar-refractivity contribution < 1.29 is 27.7 Å². The molecule has 0 aliphatic rings. The predicted octanol–water partition coefficient (Wildman–Crippen LogP) is 2.95. The zero-order chi connectivity index (χ0) is 18.9. The number of hydroxylamine groups is 1. The summed E-state index contributed by atoms with van der Waals surface area (Å²) in [4.78, 5) is 11.7. The summed E-state index contributed by atoms with van der Waals surface area (Å²) in [7, 11) is -4.29. The van der Waals surface area contributed by atoms with Gasteiger partial charge in [-0.25, -0.2) is 5.48 Å². The van der Waals surface area contributed by atoms with Crippen molar-refractivity contribution in [1.29, 1.82) is 0 Å². The highest BCUT2D eigenvalue weighted by molar-refractivity contribution is 7.86. The Morgan fingerprint density at radius 1 is 0.923 bits per heavy atom. The lowest BCUT2D eigenvalue weighted by atomic mass is 10.1. The minimum absolute atomic E-state index is 0.170. The molecule has 0 heterocycles. The van der Waals surface area contributed by atoms with Gasteiger partial charge in [-0.2, -0.15) is 8.42 Å². The van der Waals surface area contributed by atoms with Crippen LogP contribution in [0.4, 0.5) is 0 Å². The summed E-state index contributed by atoms with van der Waals surface area (Å²) >= 11 is 5.72. The van der Waals surface area contributed by atoms with Crippen LogP contribution in [-0.2, 0) is 14.4 Å². The van der Waals surface area contributed by atoms with E-state index in [9.17, 15) is 23.4 Å². The van der Waals surface area contributed by atoms with Gasteiger partial charge in [0.15, 0.2) is 11.5 Å². The molecule has 0 bridgehead atoms. The van der Waals surface area contributed by atoms with Crippen molar-refractivity contribution in [2.24, 2.45) is 0 Å². The number of benzene rings is 3. The fourth-order valence-corrected chi connectivity index (χ4v) is 3.12. The maximum absolute atomic E-state index is 12.2. The Hall–Kier alpha value is -2.81. The van der Waals surface area contributed by atoms with Crippen LogP contribution in [0.5, 0.6) is 11.5 Å². The third-order valence-corrected chi connectivity index (χ3v) is 4.93. The fraction of sp³-hybridized carbons (Fsp3) is 0.